The molecule has 1 aliphatic heterocycles. The second-order valence-corrected chi connectivity index (χ2v) is 7.80. The summed E-state index contributed by atoms with van der Waals surface area (Å²) in [4.78, 5) is 3.06. The standard InChI is InChI=1S/C18H15FN2O3S/c1-10-14-7-11(3-6-17(14)24-18(10)21-25(2,22)23)15-9-20-16-8-12(19)4-5-13(15)16/h3-9,18,20-21H,1H2,2H3. The van der Waals surface area contributed by atoms with Gasteiger partial charge in [0.2, 0.25) is 10.0 Å². The average Bonchev–Trinajstić information content (AvgIpc) is 3.07. The van der Waals surface area contributed by atoms with Gasteiger partial charge in [-0.1, -0.05) is 12.6 Å². The van der Waals surface area contributed by atoms with Crippen molar-refractivity contribution in [3.63, 3.8) is 0 Å². The molecule has 0 bridgehead atoms. The fraction of sp³-hybridized carbons (Fsp3) is 0.111. The Morgan fingerprint density at radius 1 is 1.20 bits per heavy atom. The highest BCUT2D eigenvalue weighted by atomic mass is 32.2. The quantitative estimate of drug-likeness (QED) is 0.755. The van der Waals surface area contributed by atoms with Gasteiger partial charge in [0.15, 0.2) is 6.23 Å². The number of fused-ring (bicyclic) bond motifs is 2. The number of aromatic nitrogens is 1. The molecular formula is C18H15FN2O3S. The van der Waals surface area contributed by atoms with Crippen molar-refractivity contribution in [1.29, 1.82) is 0 Å². The summed E-state index contributed by atoms with van der Waals surface area (Å²) in [5.74, 6) is 0.270. The number of rotatable bonds is 3. The summed E-state index contributed by atoms with van der Waals surface area (Å²) in [7, 11) is -3.42. The van der Waals surface area contributed by atoms with Crippen LogP contribution in [0.3, 0.4) is 0 Å². The summed E-state index contributed by atoms with van der Waals surface area (Å²) >= 11 is 0. The number of nitrogens with one attached hydrogen (secondary N) is 2. The lowest BCUT2D eigenvalue weighted by atomic mass is 9.99. The van der Waals surface area contributed by atoms with Crippen LogP contribution < -0.4 is 9.46 Å². The molecular weight excluding hydrogens is 343 g/mol. The van der Waals surface area contributed by atoms with Gasteiger partial charge in [0, 0.05) is 33.8 Å². The van der Waals surface area contributed by atoms with Crippen molar-refractivity contribution in [2.45, 2.75) is 6.23 Å². The monoisotopic (exact) mass is 358 g/mol. The minimum Gasteiger partial charge on any atom is -0.470 e. The zero-order valence-corrected chi connectivity index (χ0v) is 14.2. The van der Waals surface area contributed by atoms with Crippen LogP contribution in [0.5, 0.6) is 5.75 Å². The lowest BCUT2D eigenvalue weighted by Crippen LogP contribution is -2.36. The molecule has 0 amide bonds. The van der Waals surface area contributed by atoms with Gasteiger partial charge in [-0.25, -0.2) is 12.8 Å². The van der Waals surface area contributed by atoms with Gasteiger partial charge >= 0.3 is 0 Å². The smallest absolute Gasteiger partial charge is 0.211 e. The first kappa shape index (κ1) is 15.9. The Morgan fingerprint density at radius 3 is 2.76 bits per heavy atom. The van der Waals surface area contributed by atoms with E-state index in [0.717, 1.165) is 28.3 Å². The number of hydrogen-bond acceptors (Lipinski definition) is 3. The maximum absolute atomic E-state index is 13.4. The molecule has 2 aromatic carbocycles. The first-order valence-electron chi connectivity index (χ1n) is 7.56. The minimum atomic E-state index is -3.42. The van der Waals surface area contributed by atoms with Gasteiger partial charge < -0.3 is 9.72 Å². The van der Waals surface area contributed by atoms with Crippen molar-refractivity contribution < 1.29 is 17.5 Å². The van der Waals surface area contributed by atoms with Crippen molar-refractivity contribution >= 4 is 26.5 Å². The van der Waals surface area contributed by atoms with Gasteiger partial charge in [-0.05, 0) is 35.9 Å². The van der Waals surface area contributed by atoms with E-state index in [4.69, 9.17) is 4.74 Å². The third-order valence-corrected chi connectivity index (χ3v) is 4.80. The van der Waals surface area contributed by atoms with Crippen LogP contribution in [0.4, 0.5) is 4.39 Å². The first-order valence-corrected chi connectivity index (χ1v) is 9.45. The van der Waals surface area contributed by atoms with Crippen LogP contribution in [0.1, 0.15) is 5.56 Å². The number of halogens is 1. The summed E-state index contributed by atoms with van der Waals surface area (Å²) in [6.07, 6.45) is 2.08. The van der Waals surface area contributed by atoms with E-state index in [1.807, 2.05) is 18.3 Å². The van der Waals surface area contributed by atoms with Crippen LogP contribution in [0.15, 0.2) is 49.2 Å². The lowest BCUT2D eigenvalue weighted by molar-refractivity contribution is 0.265. The molecule has 4 rings (SSSR count). The van der Waals surface area contributed by atoms with Crippen LogP contribution in [0.2, 0.25) is 0 Å². The largest absolute Gasteiger partial charge is 0.470 e. The van der Waals surface area contributed by atoms with E-state index in [1.54, 1.807) is 12.1 Å². The Bertz CT molecular complexity index is 1120. The van der Waals surface area contributed by atoms with E-state index < -0.39 is 16.3 Å². The third kappa shape index (κ3) is 2.81. The minimum absolute atomic E-state index is 0.300. The summed E-state index contributed by atoms with van der Waals surface area (Å²) in [6.45, 7) is 3.95. The van der Waals surface area contributed by atoms with E-state index in [-0.39, 0.29) is 5.82 Å². The average molecular weight is 358 g/mol. The summed E-state index contributed by atoms with van der Waals surface area (Å²) in [6, 6.07) is 10.1. The van der Waals surface area contributed by atoms with Crippen molar-refractivity contribution in [3.05, 3.63) is 60.6 Å². The molecule has 1 aliphatic rings. The van der Waals surface area contributed by atoms with Gasteiger partial charge in [0.25, 0.3) is 0 Å². The number of sulfonamides is 1. The second kappa shape index (κ2) is 5.44. The van der Waals surface area contributed by atoms with Crippen molar-refractivity contribution in [3.8, 4) is 16.9 Å². The maximum Gasteiger partial charge on any atom is 0.211 e. The molecule has 1 unspecified atom stereocenters. The molecule has 2 heterocycles. The third-order valence-electron chi connectivity index (χ3n) is 4.16. The zero-order chi connectivity index (χ0) is 17.8. The SMILES string of the molecule is C=C1c2cc(-c3c[nH]c4cc(F)ccc34)ccc2OC1NS(C)(=O)=O. The Labute approximate surface area is 144 Å². The molecule has 25 heavy (non-hydrogen) atoms. The second-order valence-electron chi connectivity index (χ2n) is 6.02. The molecule has 3 aromatic rings. The van der Waals surface area contributed by atoms with Crippen LogP contribution >= 0.6 is 0 Å². The molecule has 2 N–H and O–H groups in total. The van der Waals surface area contributed by atoms with Gasteiger partial charge in [-0.15, -0.1) is 0 Å². The highest BCUT2D eigenvalue weighted by Gasteiger charge is 2.29. The molecule has 5 nitrogen and oxygen atoms in total. The van der Waals surface area contributed by atoms with Gasteiger partial charge in [-0.2, -0.15) is 4.72 Å². The normalized spacial score (nSPS) is 16.9. The van der Waals surface area contributed by atoms with E-state index in [0.29, 0.717) is 16.8 Å². The van der Waals surface area contributed by atoms with Crippen LogP contribution in [-0.4, -0.2) is 25.9 Å². The molecule has 0 spiro atoms. The number of aromatic amines is 1. The maximum atomic E-state index is 13.4. The molecule has 0 fully saturated rings. The van der Waals surface area contributed by atoms with Crippen molar-refractivity contribution in [1.82, 2.24) is 9.71 Å². The van der Waals surface area contributed by atoms with E-state index in [9.17, 15) is 12.8 Å². The van der Waals surface area contributed by atoms with Crippen molar-refractivity contribution in [2.75, 3.05) is 6.26 Å². The molecule has 128 valence electrons. The zero-order valence-electron chi connectivity index (χ0n) is 13.3. The lowest BCUT2D eigenvalue weighted by Gasteiger charge is -2.11. The molecule has 7 heteroatoms. The predicted molar refractivity (Wildman–Crippen MR) is 95.1 cm³/mol. The highest BCUT2D eigenvalue weighted by Crippen LogP contribution is 2.39. The molecule has 0 aliphatic carbocycles. The van der Waals surface area contributed by atoms with Crippen molar-refractivity contribution in [2.24, 2.45) is 0 Å². The Hall–Kier alpha value is -2.64. The van der Waals surface area contributed by atoms with Gasteiger partial charge in [-0.3, -0.25) is 0 Å². The molecule has 1 atom stereocenters. The Balaban J connectivity index is 1.75. The Morgan fingerprint density at radius 2 is 2.00 bits per heavy atom. The summed E-state index contributed by atoms with van der Waals surface area (Å²) < 4.78 is 44.3. The highest BCUT2D eigenvalue weighted by molar-refractivity contribution is 7.88. The van der Waals surface area contributed by atoms with Gasteiger partial charge in [0.05, 0.1) is 6.26 Å². The van der Waals surface area contributed by atoms with Crippen LogP contribution in [0.25, 0.3) is 27.6 Å². The van der Waals surface area contributed by atoms with E-state index in [2.05, 4.69) is 16.3 Å². The fourth-order valence-electron chi connectivity index (χ4n) is 3.02. The summed E-state index contributed by atoms with van der Waals surface area (Å²) in [5, 5.41) is 0.900. The van der Waals surface area contributed by atoms with Gasteiger partial charge in [0.1, 0.15) is 11.6 Å². The fourth-order valence-corrected chi connectivity index (χ4v) is 3.60. The first-order chi connectivity index (χ1) is 11.8. The van der Waals surface area contributed by atoms with E-state index >= 15 is 0 Å². The Kier molecular flexibility index (Phi) is 3.45. The molecule has 0 saturated carbocycles. The summed E-state index contributed by atoms with van der Waals surface area (Å²) in [5.41, 5.74) is 3.83. The molecule has 0 radical (unpaired) electrons. The number of ether oxygens (including phenoxy) is 1. The predicted octanol–water partition coefficient (Wildman–Crippen LogP) is 3.25. The number of benzene rings is 2. The van der Waals surface area contributed by atoms with E-state index in [1.165, 1.54) is 12.1 Å². The topological polar surface area (TPSA) is 71.2 Å². The van der Waals surface area contributed by atoms with Crippen LogP contribution in [0, 0.1) is 5.82 Å². The number of H-pyrrole nitrogens is 1. The van der Waals surface area contributed by atoms with Crippen LogP contribution in [-0.2, 0) is 10.0 Å². The molecule has 1 aromatic heterocycles. The number of hydrogen-bond donors (Lipinski definition) is 2. The molecule has 0 saturated heterocycles.